The number of carbonyl (C=O) groups is 2. The summed E-state index contributed by atoms with van der Waals surface area (Å²) in [5.41, 5.74) is 0. The standard InChI is InChI=1S/C27H48N4O4/c1-2-3-4-5-6-7-8-9-13-21-35-25(32)14-11-10-12-19-31-20-15-24(23-31)34-22-18-30-27(33)26-28-16-17-29-26/h16-17,24H,2-15,18-23H2,1H3,(H,28,29)(H,30,33). The molecular weight excluding hydrogens is 444 g/mol. The van der Waals surface area contributed by atoms with Crippen LogP contribution in [0.25, 0.3) is 0 Å². The van der Waals surface area contributed by atoms with Crippen molar-refractivity contribution in [2.75, 3.05) is 39.4 Å². The van der Waals surface area contributed by atoms with E-state index in [0.29, 0.717) is 32.0 Å². The van der Waals surface area contributed by atoms with Gasteiger partial charge in [0.2, 0.25) is 0 Å². The van der Waals surface area contributed by atoms with Gasteiger partial charge in [0, 0.05) is 38.4 Å². The van der Waals surface area contributed by atoms with Crippen LogP contribution in [-0.2, 0) is 14.3 Å². The molecule has 1 saturated heterocycles. The molecule has 0 aromatic carbocycles. The van der Waals surface area contributed by atoms with Gasteiger partial charge in [-0.15, -0.1) is 0 Å². The molecule has 1 aliphatic rings. The van der Waals surface area contributed by atoms with Crippen LogP contribution in [0.5, 0.6) is 0 Å². The molecule has 1 unspecified atom stereocenters. The Kier molecular flexibility index (Phi) is 16.1. The third-order valence-electron chi connectivity index (χ3n) is 6.55. The summed E-state index contributed by atoms with van der Waals surface area (Å²) in [6, 6.07) is 0. The number of esters is 1. The Morgan fingerprint density at radius 3 is 2.51 bits per heavy atom. The normalized spacial score (nSPS) is 16.0. The molecule has 1 aliphatic heterocycles. The number of carbonyl (C=O) groups excluding carboxylic acids is 2. The minimum Gasteiger partial charge on any atom is -0.466 e. The maximum absolute atomic E-state index is 11.9. The van der Waals surface area contributed by atoms with Crippen molar-refractivity contribution in [3.63, 3.8) is 0 Å². The molecule has 1 aromatic heterocycles. The van der Waals surface area contributed by atoms with Gasteiger partial charge in [-0.2, -0.15) is 0 Å². The second-order valence-electron chi connectivity index (χ2n) is 9.64. The average Bonchev–Trinajstić information content (AvgIpc) is 3.55. The summed E-state index contributed by atoms with van der Waals surface area (Å²) in [6.07, 6.45) is 19.5. The van der Waals surface area contributed by atoms with E-state index < -0.39 is 0 Å². The number of rotatable bonds is 21. The molecule has 0 aliphatic carbocycles. The van der Waals surface area contributed by atoms with Gasteiger partial charge >= 0.3 is 5.97 Å². The highest BCUT2D eigenvalue weighted by Gasteiger charge is 2.22. The van der Waals surface area contributed by atoms with Crippen LogP contribution in [0.1, 0.15) is 107 Å². The van der Waals surface area contributed by atoms with E-state index in [2.05, 4.69) is 27.1 Å². The minimum absolute atomic E-state index is 0.0432. The monoisotopic (exact) mass is 492 g/mol. The highest BCUT2D eigenvalue weighted by Crippen LogP contribution is 2.14. The van der Waals surface area contributed by atoms with E-state index in [9.17, 15) is 9.59 Å². The Hall–Kier alpha value is -1.93. The first-order valence-electron chi connectivity index (χ1n) is 14.0. The van der Waals surface area contributed by atoms with E-state index in [1.54, 1.807) is 12.4 Å². The maximum Gasteiger partial charge on any atom is 0.305 e. The Labute approximate surface area is 211 Å². The lowest BCUT2D eigenvalue weighted by Gasteiger charge is -2.16. The largest absolute Gasteiger partial charge is 0.466 e. The van der Waals surface area contributed by atoms with Crippen LogP contribution in [0.15, 0.2) is 12.4 Å². The lowest BCUT2D eigenvalue weighted by atomic mass is 10.1. The molecule has 1 fully saturated rings. The molecule has 0 bridgehead atoms. The fourth-order valence-electron chi connectivity index (χ4n) is 4.45. The molecule has 0 spiro atoms. The molecule has 2 rings (SSSR count). The first-order chi connectivity index (χ1) is 17.2. The lowest BCUT2D eigenvalue weighted by Crippen LogP contribution is -2.30. The van der Waals surface area contributed by atoms with E-state index in [4.69, 9.17) is 9.47 Å². The second kappa shape index (κ2) is 19.3. The SMILES string of the molecule is CCCCCCCCCCCOC(=O)CCCCCN1CCC(OCCNC(=O)c2ncc[nH]2)C1. The fourth-order valence-corrected chi connectivity index (χ4v) is 4.45. The molecule has 0 radical (unpaired) electrons. The summed E-state index contributed by atoms with van der Waals surface area (Å²) in [4.78, 5) is 32.8. The number of amides is 1. The number of likely N-dealkylation sites (tertiary alicyclic amines) is 1. The number of hydrogen-bond acceptors (Lipinski definition) is 6. The molecule has 0 saturated carbocycles. The lowest BCUT2D eigenvalue weighted by molar-refractivity contribution is -0.143. The summed E-state index contributed by atoms with van der Waals surface area (Å²) in [7, 11) is 0. The van der Waals surface area contributed by atoms with Crippen molar-refractivity contribution in [3.8, 4) is 0 Å². The van der Waals surface area contributed by atoms with Crippen molar-refractivity contribution in [1.82, 2.24) is 20.2 Å². The van der Waals surface area contributed by atoms with Crippen LogP contribution >= 0.6 is 0 Å². The molecule has 2 heterocycles. The number of nitrogens with zero attached hydrogens (tertiary/aromatic N) is 2. The Morgan fingerprint density at radius 1 is 1.03 bits per heavy atom. The summed E-state index contributed by atoms with van der Waals surface area (Å²) in [6.45, 7) is 6.84. The molecular formula is C27H48N4O4. The van der Waals surface area contributed by atoms with E-state index in [1.165, 1.54) is 51.4 Å². The smallest absolute Gasteiger partial charge is 0.305 e. The number of imidazole rings is 1. The van der Waals surface area contributed by atoms with E-state index in [-0.39, 0.29) is 18.0 Å². The van der Waals surface area contributed by atoms with Crippen LogP contribution < -0.4 is 5.32 Å². The number of H-pyrrole nitrogens is 1. The Bertz CT molecular complexity index is 668. The number of ether oxygens (including phenoxy) is 2. The molecule has 1 atom stereocenters. The van der Waals surface area contributed by atoms with Crippen LogP contribution in [0, 0.1) is 0 Å². The van der Waals surface area contributed by atoms with Gasteiger partial charge in [-0.05, 0) is 32.2 Å². The predicted octanol–water partition coefficient (Wildman–Crippen LogP) is 4.86. The molecule has 1 aromatic rings. The molecule has 200 valence electrons. The van der Waals surface area contributed by atoms with Crippen LogP contribution in [0.4, 0.5) is 0 Å². The zero-order valence-corrected chi connectivity index (χ0v) is 21.9. The van der Waals surface area contributed by atoms with Crippen molar-refractivity contribution in [3.05, 3.63) is 18.2 Å². The zero-order chi connectivity index (χ0) is 25.0. The van der Waals surface area contributed by atoms with Crippen LogP contribution in [0.3, 0.4) is 0 Å². The molecule has 1 amide bonds. The van der Waals surface area contributed by atoms with Gasteiger partial charge in [0.05, 0.1) is 19.3 Å². The van der Waals surface area contributed by atoms with Gasteiger partial charge in [0.1, 0.15) is 0 Å². The minimum atomic E-state index is -0.209. The van der Waals surface area contributed by atoms with Gasteiger partial charge in [-0.3, -0.25) is 9.59 Å². The Morgan fingerprint density at radius 2 is 1.77 bits per heavy atom. The molecule has 35 heavy (non-hydrogen) atoms. The van der Waals surface area contributed by atoms with Gasteiger partial charge in [0.25, 0.3) is 5.91 Å². The van der Waals surface area contributed by atoms with Gasteiger partial charge in [-0.1, -0.05) is 64.7 Å². The third kappa shape index (κ3) is 14.3. The van der Waals surface area contributed by atoms with Crippen molar-refractivity contribution < 1.29 is 19.1 Å². The first kappa shape index (κ1) is 29.3. The Balaban J connectivity index is 1.34. The summed E-state index contributed by atoms with van der Waals surface area (Å²) in [5.74, 6) is 0.0708. The fraction of sp³-hybridized carbons (Fsp3) is 0.815. The highest BCUT2D eigenvalue weighted by molar-refractivity contribution is 5.90. The quantitative estimate of drug-likeness (QED) is 0.188. The van der Waals surface area contributed by atoms with Crippen LogP contribution in [-0.4, -0.2) is 72.2 Å². The van der Waals surface area contributed by atoms with E-state index in [0.717, 1.165) is 51.7 Å². The summed E-state index contributed by atoms with van der Waals surface area (Å²) < 4.78 is 11.3. The topological polar surface area (TPSA) is 96.6 Å². The van der Waals surface area contributed by atoms with Crippen molar-refractivity contribution in [1.29, 1.82) is 0 Å². The van der Waals surface area contributed by atoms with Crippen LogP contribution in [0.2, 0.25) is 0 Å². The van der Waals surface area contributed by atoms with Gasteiger partial charge < -0.3 is 24.7 Å². The number of hydrogen-bond donors (Lipinski definition) is 2. The summed E-state index contributed by atoms with van der Waals surface area (Å²) >= 11 is 0. The van der Waals surface area contributed by atoms with Crippen molar-refractivity contribution >= 4 is 11.9 Å². The molecule has 8 nitrogen and oxygen atoms in total. The van der Waals surface area contributed by atoms with Gasteiger partial charge in [-0.25, -0.2) is 4.98 Å². The van der Waals surface area contributed by atoms with Crippen molar-refractivity contribution in [2.45, 2.75) is 103 Å². The number of aromatic nitrogens is 2. The number of nitrogens with one attached hydrogen (secondary N) is 2. The highest BCUT2D eigenvalue weighted by atomic mass is 16.5. The molecule has 2 N–H and O–H groups in total. The zero-order valence-electron chi connectivity index (χ0n) is 21.9. The summed E-state index contributed by atoms with van der Waals surface area (Å²) in [5, 5.41) is 2.80. The van der Waals surface area contributed by atoms with E-state index >= 15 is 0 Å². The predicted molar refractivity (Wildman–Crippen MR) is 138 cm³/mol. The van der Waals surface area contributed by atoms with Gasteiger partial charge in [0.15, 0.2) is 5.82 Å². The number of unbranched alkanes of at least 4 members (excludes halogenated alkanes) is 10. The van der Waals surface area contributed by atoms with Crippen molar-refractivity contribution in [2.24, 2.45) is 0 Å². The van der Waals surface area contributed by atoms with E-state index in [1.807, 2.05) is 0 Å². The number of aromatic amines is 1. The third-order valence-corrected chi connectivity index (χ3v) is 6.55. The molecule has 8 heteroatoms. The second-order valence-corrected chi connectivity index (χ2v) is 9.64. The average molecular weight is 493 g/mol. The maximum atomic E-state index is 11.9. The first-order valence-corrected chi connectivity index (χ1v) is 14.0.